The van der Waals surface area contributed by atoms with E-state index in [1.807, 2.05) is 13.8 Å². The van der Waals surface area contributed by atoms with E-state index in [0.717, 1.165) is 0 Å². The summed E-state index contributed by atoms with van der Waals surface area (Å²) in [5.74, 6) is 0. The number of thiol groups is 1. The fourth-order valence-corrected chi connectivity index (χ4v) is 0. The molecule has 1 nitrogen and oxygen atoms in total. The van der Waals surface area contributed by atoms with Crippen LogP contribution in [0.3, 0.4) is 0 Å². The summed E-state index contributed by atoms with van der Waals surface area (Å²) in [4.78, 5) is -0.306. The summed E-state index contributed by atoms with van der Waals surface area (Å²) in [6.45, 7) is 3.66. The quantitative estimate of drug-likeness (QED) is 0.369. The second-order valence-corrected chi connectivity index (χ2v) is 2.81. The first-order valence-corrected chi connectivity index (χ1v) is 1.96. The van der Waals surface area contributed by atoms with Gasteiger partial charge in [0, 0.05) is 0 Å². The Balaban J connectivity index is 0. The van der Waals surface area contributed by atoms with E-state index in [1.54, 1.807) is 0 Å². The second-order valence-electron chi connectivity index (χ2n) is 1.65. The molecule has 0 fully saturated rings. The minimum absolute atomic E-state index is 0. The van der Waals surface area contributed by atoms with Gasteiger partial charge in [-0.05, 0) is 13.8 Å². The number of halogens is 1. The van der Waals surface area contributed by atoms with Crippen LogP contribution in [0.5, 0.6) is 0 Å². The van der Waals surface area contributed by atoms with Crippen LogP contribution < -0.4 is 5.73 Å². The fraction of sp³-hybridized carbons (Fsp3) is 1.00. The molecule has 0 atom stereocenters. The monoisotopic (exact) mass is 127 g/mol. The van der Waals surface area contributed by atoms with Gasteiger partial charge in [0.2, 0.25) is 0 Å². The van der Waals surface area contributed by atoms with Gasteiger partial charge in [-0.2, -0.15) is 12.6 Å². The number of hydrogen-bond acceptors (Lipinski definition) is 2. The predicted molar refractivity (Wildman–Crippen MR) is 34.5 cm³/mol. The van der Waals surface area contributed by atoms with E-state index in [9.17, 15) is 0 Å². The van der Waals surface area contributed by atoms with E-state index in [4.69, 9.17) is 5.73 Å². The molecule has 0 spiro atoms. The Morgan fingerprint density at radius 3 is 1.50 bits per heavy atom. The summed E-state index contributed by atoms with van der Waals surface area (Å²) in [5, 5.41) is 0. The highest BCUT2D eigenvalue weighted by Crippen LogP contribution is 1.98. The van der Waals surface area contributed by atoms with Crippen molar-refractivity contribution in [3.8, 4) is 0 Å². The lowest BCUT2D eigenvalue weighted by atomic mass is 10.4. The highest BCUT2D eigenvalue weighted by Gasteiger charge is 1.96. The van der Waals surface area contributed by atoms with Crippen molar-refractivity contribution in [2.24, 2.45) is 5.73 Å². The average Bonchev–Trinajstić information content (AvgIpc) is 0.722. The van der Waals surface area contributed by atoms with E-state index in [1.165, 1.54) is 0 Å². The third-order valence-corrected chi connectivity index (χ3v) is 0. The molecule has 0 aliphatic heterocycles. The summed E-state index contributed by atoms with van der Waals surface area (Å²) in [7, 11) is 0. The van der Waals surface area contributed by atoms with Gasteiger partial charge in [-0.3, -0.25) is 0 Å². The Morgan fingerprint density at radius 2 is 1.50 bits per heavy atom. The van der Waals surface area contributed by atoms with Gasteiger partial charge in [0.1, 0.15) is 0 Å². The van der Waals surface area contributed by atoms with Crippen molar-refractivity contribution in [2.45, 2.75) is 18.7 Å². The average molecular weight is 128 g/mol. The van der Waals surface area contributed by atoms with Gasteiger partial charge in [0.25, 0.3) is 0 Å². The first-order valence-electron chi connectivity index (χ1n) is 1.51. The van der Waals surface area contributed by atoms with Crippen LogP contribution in [0.25, 0.3) is 0 Å². The molecular weight excluding hydrogens is 118 g/mol. The molecule has 0 aliphatic carbocycles. The smallest absolute Gasteiger partial charge is 0.0533 e. The standard InChI is InChI=1S/C3H9NS.ClH/c1-3(2,4)5;/h5H,4H2,1-2H3;1H. The van der Waals surface area contributed by atoms with E-state index >= 15 is 0 Å². The number of hydrogen-bond donors (Lipinski definition) is 2. The largest absolute Gasteiger partial charge is 0.317 e. The summed E-state index contributed by atoms with van der Waals surface area (Å²) in [5.41, 5.74) is 5.22. The molecule has 0 aromatic carbocycles. The molecule has 0 unspecified atom stereocenters. The van der Waals surface area contributed by atoms with E-state index in [-0.39, 0.29) is 17.3 Å². The first kappa shape index (κ1) is 9.78. The van der Waals surface area contributed by atoms with Gasteiger partial charge in [-0.15, -0.1) is 12.4 Å². The van der Waals surface area contributed by atoms with Crippen molar-refractivity contribution in [1.29, 1.82) is 0 Å². The van der Waals surface area contributed by atoms with Gasteiger partial charge >= 0.3 is 0 Å². The molecule has 0 bridgehead atoms. The van der Waals surface area contributed by atoms with Crippen LogP contribution >= 0.6 is 25.0 Å². The lowest BCUT2D eigenvalue weighted by molar-refractivity contribution is 0.767. The zero-order valence-electron chi connectivity index (χ0n) is 3.93. The minimum atomic E-state index is -0.306. The topological polar surface area (TPSA) is 26.0 Å². The van der Waals surface area contributed by atoms with Crippen molar-refractivity contribution in [2.75, 3.05) is 0 Å². The van der Waals surface area contributed by atoms with Gasteiger partial charge in [-0.25, -0.2) is 0 Å². The van der Waals surface area contributed by atoms with Crippen LogP contribution in [0.15, 0.2) is 0 Å². The van der Waals surface area contributed by atoms with Crippen molar-refractivity contribution in [3.05, 3.63) is 0 Å². The third-order valence-electron chi connectivity index (χ3n) is 0. The Hall–Kier alpha value is 0.600. The van der Waals surface area contributed by atoms with Gasteiger partial charge in [-0.1, -0.05) is 0 Å². The molecule has 0 amide bonds. The zero-order chi connectivity index (χ0) is 4.50. The Morgan fingerprint density at radius 1 is 1.50 bits per heavy atom. The predicted octanol–water partition coefficient (Wildman–Crippen LogP) is 1.03. The Bertz CT molecular complexity index is 26.3. The van der Waals surface area contributed by atoms with E-state index in [0.29, 0.717) is 0 Å². The van der Waals surface area contributed by atoms with Crippen LogP contribution in [-0.4, -0.2) is 4.87 Å². The molecule has 6 heavy (non-hydrogen) atoms. The van der Waals surface area contributed by atoms with Gasteiger partial charge in [0.15, 0.2) is 0 Å². The maximum atomic E-state index is 5.22. The molecule has 0 aliphatic rings. The van der Waals surface area contributed by atoms with Crippen LogP contribution in [0.1, 0.15) is 13.8 Å². The molecule has 3 heteroatoms. The molecule has 2 N–H and O–H groups in total. The molecule has 0 aromatic heterocycles. The molecule has 0 heterocycles. The number of rotatable bonds is 0. The summed E-state index contributed by atoms with van der Waals surface area (Å²) >= 11 is 3.90. The highest BCUT2D eigenvalue weighted by molar-refractivity contribution is 7.81. The SMILES string of the molecule is CC(C)(N)S.Cl. The summed E-state index contributed by atoms with van der Waals surface area (Å²) < 4.78 is 0. The molecule has 0 radical (unpaired) electrons. The summed E-state index contributed by atoms with van der Waals surface area (Å²) in [6.07, 6.45) is 0. The number of nitrogens with two attached hydrogens (primary N) is 1. The summed E-state index contributed by atoms with van der Waals surface area (Å²) in [6, 6.07) is 0. The van der Waals surface area contributed by atoms with Gasteiger partial charge < -0.3 is 5.73 Å². The fourth-order valence-electron chi connectivity index (χ4n) is 0. The van der Waals surface area contributed by atoms with Crippen molar-refractivity contribution >= 4 is 25.0 Å². The molecule has 40 valence electrons. The maximum absolute atomic E-state index is 5.22. The van der Waals surface area contributed by atoms with Crippen LogP contribution in [0.4, 0.5) is 0 Å². The third kappa shape index (κ3) is 166. The van der Waals surface area contributed by atoms with Crippen LogP contribution in [0.2, 0.25) is 0 Å². The molecule has 0 saturated heterocycles. The van der Waals surface area contributed by atoms with Gasteiger partial charge in [0.05, 0.1) is 4.87 Å². The molecule has 0 rings (SSSR count). The first-order chi connectivity index (χ1) is 2.00. The van der Waals surface area contributed by atoms with E-state index in [2.05, 4.69) is 12.6 Å². The lowest BCUT2D eigenvalue weighted by Gasteiger charge is -2.05. The Kier molecular flexibility index (Phi) is 4.43. The van der Waals surface area contributed by atoms with E-state index < -0.39 is 0 Å². The van der Waals surface area contributed by atoms with Crippen molar-refractivity contribution in [3.63, 3.8) is 0 Å². The van der Waals surface area contributed by atoms with Crippen molar-refractivity contribution < 1.29 is 0 Å². The van der Waals surface area contributed by atoms with Crippen molar-refractivity contribution in [1.82, 2.24) is 0 Å². The van der Waals surface area contributed by atoms with Crippen LogP contribution in [-0.2, 0) is 0 Å². The Labute approximate surface area is 50.1 Å². The second kappa shape index (κ2) is 2.72. The molecular formula is C3H10ClNS. The molecule has 0 aromatic rings. The maximum Gasteiger partial charge on any atom is 0.0533 e. The lowest BCUT2D eigenvalue weighted by Crippen LogP contribution is -2.22. The minimum Gasteiger partial charge on any atom is -0.317 e. The van der Waals surface area contributed by atoms with Crippen LogP contribution in [0, 0.1) is 0 Å². The molecule has 0 saturated carbocycles. The zero-order valence-corrected chi connectivity index (χ0v) is 5.64. The highest BCUT2D eigenvalue weighted by atomic mass is 35.5. The normalized spacial score (nSPS) is 10.0.